The number of fused-ring (bicyclic) bond motifs is 1. The van der Waals surface area contributed by atoms with E-state index in [0.29, 0.717) is 32.0 Å². The number of hydrogen-bond donors (Lipinski definition) is 0. The van der Waals surface area contributed by atoms with Gasteiger partial charge in [-0.1, -0.05) is 24.3 Å². The van der Waals surface area contributed by atoms with Gasteiger partial charge in [-0.05, 0) is 79.5 Å². The summed E-state index contributed by atoms with van der Waals surface area (Å²) in [5.74, 6) is 0.272. The van der Waals surface area contributed by atoms with Crippen LogP contribution < -0.4 is 0 Å². The third kappa shape index (κ3) is 4.14. The maximum absolute atomic E-state index is 14.1. The number of halogens is 1. The Labute approximate surface area is 188 Å². The number of ether oxygens (including phenoxy) is 1. The van der Waals surface area contributed by atoms with Crippen molar-refractivity contribution in [1.82, 2.24) is 9.88 Å². The highest BCUT2D eigenvalue weighted by molar-refractivity contribution is 5.88. The molecule has 0 spiro atoms. The third-order valence-electron chi connectivity index (χ3n) is 7.13. The largest absolute Gasteiger partial charge is 0.381 e. The van der Waals surface area contributed by atoms with Crippen LogP contribution in [0, 0.1) is 11.7 Å². The van der Waals surface area contributed by atoms with Crippen LogP contribution in [0.4, 0.5) is 4.39 Å². The van der Waals surface area contributed by atoms with Gasteiger partial charge in [0.1, 0.15) is 5.82 Å². The summed E-state index contributed by atoms with van der Waals surface area (Å²) in [6.45, 7) is 2.59. The molecule has 3 aromatic rings. The second-order valence-electron chi connectivity index (χ2n) is 9.20. The first-order valence-corrected chi connectivity index (χ1v) is 11.6. The Balaban J connectivity index is 1.35. The zero-order valence-electron chi connectivity index (χ0n) is 18.3. The SMILES string of the molecule is O=C(N1CCCC(Cc2ccc3ncccc3c2)C1)C1(c2cccc(F)c2)CCOCC1. The number of carbonyl (C=O) groups is 1. The molecule has 1 atom stereocenters. The van der Waals surface area contributed by atoms with Gasteiger partial charge in [0.15, 0.2) is 0 Å². The lowest BCUT2D eigenvalue weighted by atomic mass is 9.72. The van der Waals surface area contributed by atoms with Crippen molar-refractivity contribution in [3.8, 4) is 0 Å². The van der Waals surface area contributed by atoms with Crippen molar-refractivity contribution >= 4 is 16.8 Å². The first-order valence-electron chi connectivity index (χ1n) is 11.6. The normalized spacial score (nSPS) is 20.9. The highest BCUT2D eigenvalue weighted by Crippen LogP contribution is 2.38. The molecular weight excluding hydrogens is 403 g/mol. The summed E-state index contributed by atoms with van der Waals surface area (Å²) in [5, 5.41) is 1.15. The molecule has 1 unspecified atom stereocenters. The molecule has 4 nitrogen and oxygen atoms in total. The standard InChI is InChI=1S/C27H29FN2O2/c28-24-7-1-6-23(18-24)27(10-14-32-15-11-27)26(31)30-13-3-4-21(19-30)16-20-8-9-25-22(17-20)5-2-12-29-25/h1-2,5-9,12,17-18,21H,3-4,10-11,13-16,19H2. The minimum atomic E-state index is -0.684. The number of nitrogens with zero attached hydrogens (tertiary/aromatic N) is 2. The molecule has 2 aromatic carbocycles. The summed E-state index contributed by atoms with van der Waals surface area (Å²) in [4.78, 5) is 20.3. The molecule has 0 radical (unpaired) electrons. The monoisotopic (exact) mass is 432 g/mol. The third-order valence-corrected chi connectivity index (χ3v) is 7.13. The van der Waals surface area contributed by atoms with E-state index in [1.165, 1.54) is 17.7 Å². The molecular formula is C27H29FN2O2. The highest BCUT2D eigenvalue weighted by Gasteiger charge is 2.45. The predicted molar refractivity (Wildman–Crippen MR) is 123 cm³/mol. The molecule has 32 heavy (non-hydrogen) atoms. The van der Waals surface area contributed by atoms with Gasteiger partial charge in [-0.25, -0.2) is 4.39 Å². The fraction of sp³-hybridized carbons (Fsp3) is 0.407. The molecule has 2 fully saturated rings. The van der Waals surface area contributed by atoms with Crippen molar-refractivity contribution < 1.29 is 13.9 Å². The number of piperidine rings is 1. The van der Waals surface area contributed by atoms with E-state index < -0.39 is 5.41 Å². The molecule has 3 heterocycles. The Morgan fingerprint density at radius 3 is 2.84 bits per heavy atom. The van der Waals surface area contributed by atoms with E-state index in [1.807, 2.05) is 23.2 Å². The van der Waals surface area contributed by atoms with Crippen LogP contribution >= 0.6 is 0 Å². The number of pyridine rings is 1. The number of amides is 1. The van der Waals surface area contributed by atoms with E-state index in [1.54, 1.807) is 6.07 Å². The molecule has 0 bridgehead atoms. The summed E-state index contributed by atoms with van der Waals surface area (Å²) in [6.07, 6.45) is 6.09. The van der Waals surface area contributed by atoms with E-state index in [-0.39, 0.29) is 11.7 Å². The van der Waals surface area contributed by atoms with Crippen molar-refractivity contribution in [3.05, 3.63) is 77.7 Å². The summed E-state index contributed by atoms with van der Waals surface area (Å²) < 4.78 is 19.6. The van der Waals surface area contributed by atoms with Crippen molar-refractivity contribution in [2.75, 3.05) is 26.3 Å². The second kappa shape index (κ2) is 8.99. The molecule has 166 valence electrons. The van der Waals surface area contributed by atoms with E-state index in [2.05, 4.69) is 29.2 Å². The van der Waals surface area contributed by atoms with Crippen LogP contribution in [0.25, 0.3) is 10.9 Å². The lowest BCUT2D eigenvalue weighted by Crippen LogP contribution is -2.52. The van der Waals surface area contributed by atoms with Gasteiger partial charge in [0.25, 0.3) is 0 Å². The van der Waals surface area contributed by atoms with Crippen LogP contribution in [0.3, 0.4) is 0 Å². The van der Waals surface area contributed by atoms with Crippen LogP contribution in [0.1, 0.15) is 36.8 Å². The number of benzene rings is 2. The quantitative estimate of drug-likeness (QED) is 0.589. The predicted octanol–water partition coefficient (Wildman–Crippen LogP) is 4.90. The van der Waals surface area contributed by atoms with Gasteiger partial charge >= 0.3 is 0 Å². The van der Waals surface area contributed by atoms with E-state index in [9.17, 15) is 9.18 Å². The Morgan fingerprint density at radius 2 is 2.00 bits per heavy atom. The smallest absolute Gasteiger partial charge is 0.233 e. The molecule has 1 aromatic heterocycles. The van der Waals surface area contributed by atoms with E-state index >= 15 is 0 Å². The van der Waals surface area contributed by atoms with Crippen molar-refractivity contribution in [2.24, 2.45) is 5.92 Å². The number of aromatic nitrogens is 1. The van der Waals surface area contributed by atoms with Crippen molar-refractivity contribution in [2.45, 2.75) is 37.5 Å². The van der Waals surface area contributed by atoms with Gasteiger partial charge in [0.05, 0.1) is 10.9 Å². The Hall–Kier alpha value is -2.79. The first kappa shape index (κ1) is 21.1. The average molecular weight is 433 g/mol. The van der Waals surface area contributed by atoms with Crippen LogP contribution in [-0.2, 0) is 21.4 Å². The summed E-state index contributed by atoms with van der Waals surface area (Å²) in [6, 6.07) is 17.1. The molecule has 2 aliphatic heterocycles. The molecule has 5 heteroatoms. The molecule has 0 N–H and O–H groups in total. The van der Waals surface area contributed by atoms with Gasteiger partial charge in [0.2, 0.25) is 5.91 Å². The molecule has 2 saturated heterocycles. The zero-order chi connectivity index (χ0) is 22.0. The summed E-state index contributed by atoms with van der Waals surface area (Å²) >= 11 is 0. The average Bonchev–Trinajstić information content (AvgIpc) is 2.84. The van der Waals surface area contributed by atoms with Crippen LogP contribution in [0.15, 0.2) is 60.8 Å². The van der Waals surface area contributed by atoms with E-state index in [4.69, 9.17) is 4.74 Å². The van der Waals surface area contributed by atoms with Gasteiger partial charge in [0, 0.05) is 37.9 Å². The molecule has 0 saturated carbocycles. The molecule has 2 aliphatic rings. The fourth-order valence-corrected chi connectivity index (χ4v) is 5.44. The second-order valence-corrected chi connectivity index (χ2v) is 9.20. The number of likely N-dealkylation sites (tertiary alicyclic amines) is 1. The highest BCUT2D eigenvalue weighted by atomic mass is 19.1. The van der Waals surface area contributed by atoms with Crippen LogP contribution in [0.5, 0.6) is 0 Å². The van der Waals surface area contributed by atoms with Crippen LogP contribution in [0.2, 0.25) is 0 Å². The van der Waals surface area contributed by atoms with Gasteiger partial charge < -0.3 is 9.64 Å². The zero-order valence-corrected chi connectivity index (χ0v) is 18.3. The first-order chi connectivity index (χ1) is 15.6. The Morgan fingerprint density at radius 1 is 1.12 bits per heavy atom. The van der Waals surface area contributed by atoms with Crippen molar-refractivity contribution in [1.29, 1.82) is 0 Å². The number of hydrogen-bond acceptors (Lipinski definition) is 3. The maximum Gasteiger partial charge on any atom is 0.233 e. The van der Waals surface area contributed by atoms with Crippen molar-refractivity contribution in [3.63, 3.8) is 0 Å². The minimum Gasteiger partial charge on any atom is -0.381 e. The summed E-state index contributed by atoms with van der Waals surface area (Å²) in [7, 11) is 0. The topological polar surface area (TPSA) is 42.4 Å². The molecule has 0 aliphatic carbocycles. The van der Waals surface area contributed by atoms with Gasteiger partial charge in [-0.3, -0.25) is 9.78 Å². The molecule has 1 amide bonds. The fourth-order valence-electron chi connectivity index (χ4n) is 5.44. The maximum atomic E-state index is 14.1. The Kier molecular flexibility index (Phi) is 5.92. The lowest BCUT2D eigenvalue weighted by molar-refractivity contribution is -0.143. The van der Waals surface area contributed by atoms with Gasteiger partial charge in [-0.2, -0.15) is 0 Å². The van der Waals surface area contributed by atoms with Gasteiger partial charge in [-0.15, -0.1) is 0 Å². The number of rotatable bonds is 4. The van der Waals surface area contributed by atoms with E-state index in [0.717, 1.165) is 48.8 Å². The number of carbonyl (C=O) groups excluding carboxylic acids is 1. The summed E-state index contributed by atoms with van der Waals surface area (Å²) in [5.41, 5.74) is 2.40. The van der Waals surface area contributed by atoms with Crippen LogP contribution in [-0.4, -0.2) is 42.1 Å². The lowest BCUT2D eigenvalue weighted by Gasteiger charge is -2.43. The Bertz CT molecular complexity index is 1110. The molecule has 5 rings (SSSR count). The minimum absolute atomic E-state index is 0.138.